The molecule has 5 heteroatoms. The minimum Gasteiger partial charge on any atom is -0.480 e. The van der Waals surface area contributed by atoms with Crippen molar-refractivity contribution in [3.05, 3.63) is 17.8 Å². The minimum absolute atomic E-state index is 0.271. The number of nitrogens with zero attached hydrogens (tertiary/aromatic N) is 4. The van der Waals surface area contributed by atoms with Gasteiger partial charge >= 0.3 is 0 Å². The van der Waals surface area contributed by atoms with Crippen LogP contribution in [0.4, 0.5) is 0 Å². The van der Waals surface area contributed by atoms with E-state index in [1.807, 2.05) is 0 Å². The first-order valence-electron chi connectivity index (χ1n) is 6.11. The molecule has 0 saturated carbocycles. The van der Waals surface area contributed by atoms with Crippen molar-refractivity contribution in [3.63, 3.8) is 0 Å². The van der Waals surface area contributed by atoms with Gasteiger partial charge in [0.2, 0.25) is 5.88 Å². The van der Waals surface area contributed by atoms with Gasteiger partial charge in [-0.1, -0.05) is 27.7 Å². The van der Waals surface area contributed by atoms with Crippen LogP contribution in [0.15, 0.2) is 6.33 Å². The Kier molecular flexibility index (Phi) is 3.41. The SMILES string of the molecule is COc1ncnc2nc(C(C)C)nc(C(C)C)c12. The van der Waals surface area contributed by atoms with Crippen LogP contribution in [0, 0.1) is 0 Å². The van der Waals surface area contributed by atoms with Crippen molar-refractivity contribution in [2.24, 2.45) is 0 Å². The van der Waals surface area contributed by atoms with E-state index in [9.17, 15) is 0 Å². The molecule has 2 aromatic heterocycles. The molecule has 2 aromatic rings. The van der Waals surface area contributed by atoms with Gasteiger partial charge in [-0.25, -0.2) is 19.9 Å². The molecule has 96 valence electrons. The highest BCUT2D eigenvalue weighted by Crippen LogP contribution is 2.29. The Balaban J connectivity index is 2.81. The van der Waals surface area contributed by atoms with Crippen molar-refractivity contribution >= 4 is 11.0 Å². The molecule has 0 spiro atoms. The van der Waals surface area contributed by atoms with Crippen molar-refractivity contribution < 1.29 is 4.74 Å². The van der Waals surface area contributed by atoms with Crippen LogP contribution >= 0.6 is 0 Å². The second-order valence-corrected chi connectivity index (χ2v) is 4.86. The topological polar surface area (TPSA) is 60.8 Å². The third-order valence-corrected chi connectivity index (χ3v) is 2.76. The molecular formula is C13H18N4O. The highest BCUT2D eigenvalue weighted by atomic mass is 16.5. The summed E-state index contributed by atoms with van der Waals surface area (Å²) in [6.07, 6.45) is 1.47. The Bertz CT molecular complexity index is 566. The molecule has 0 aromatic carbocycles. The van der Waals surface area contributed by atoms with Crippen LogP contribution in [0.3, 0.4) is 0 Å². The van der Waals surface area contributed by atoms with Crippen LogP contribution in [-0.4, -0.2) is 27.0 Å². The summed E-state index contributed by atoms with van der Waals surface area (Å²) in [6, 6.07) is 0. The van der Waals surface area contributed by atoms with Gasteiger partial charge in [0.15, 0.2) is 5.65 Å². The largest absolute Gasteiger partial charge is 0.480 e. The summed E-state index contributed by atoms with van der Waals surface area (Å²) in [6.45, 7) is 8.34. The van der Waals surface area contributed by atoms with E-state index in [1.165, 1.54) is 6.33 Å². The summed E-state index contributed by atoms with van der Waals surface area (Å²) < 4.78 is 5.29. The molecule has 0 radical (unpaired) electrons. The molecule has 0 atom stereocenters. The van der Waals surface area contributed by atoms with Gasteiger partial charge in [-0.15, -0.1) is 0 Å². The Morgan fingerprint density at radius 2 is 1.72 bits per heavy atom. The molecule has 0 saturated heterocycles. The van der Waals surface area contributed by atoms with E-state index < -0.39 is 0 Å². The molecule has 0 bridgehead atoms. The summed E-state index contributed by atoms with van der Waals surface area (Å²) in [4.78, 5) is 17.5. The average Bonchev–Trinajstić information content (AvgIpc) is 2.36. The fourth-order valence-electron chi connectivity index (χ4n) is 1.81. The number of methoxy groups -OCH3 is 1. The summed E-state index contributed by atoms with van der Waals surface area (Å²) in [5.41, 5.74) is 1.60. The molecule has 0 N–H and O–H groups in total. The maximum atomic E-state index is 5.29. The molecule has 2 rings (SSSR count). The van der Waals surface area contributed by atoms with Gasteiger partial charge < -0.3 is 4.74 Å². The number of ether oxygens (including phenoxy) is 1. The lowest BCUT2D eigenvalue weighted by molar-refractivity contribution is 0.401. The zero-order valence-corrected chi connectivity index (χ0v) is 11.4. The lowest BCUT2D eigenvalue weighted by atomic mass is 10.1. The van der Waals surface area contributed by atoms with E-state index >= 15 is 0 Å². The Morgan fingerprint density at radius 1 is 1.00 bits per heavy atom. The maximum absolute atomic E-state index is 5.29. The Labute approximate surface area is 107 Å². The highest BCUT2D eigenvalue weighted by Gasteiger charge is 2.17. The van der Waals surface area contributed by atoms with E-state index in [0.29, 0.717) is 11.5 Å². The molecule has 0 amide bonds. The fourth-order valence-corrected chi connectivity index (χ4v) is 1.81. The van der Waals surface area contributed by atoms with Crippen LogP contribution < -0.4 is 4.74 Å². The number of hydrogen-bond acceptors (Lipinski definition) is 5. The smallest absolute Gasteiger partial charge is 0.227 e. The predicted octanol–water partition coefficient (Wildman–Crippen LogP) is 2.68. The van der Waals surface area contributed by atoms with Gasteiger partial charge in [0.1, 0.15) is 17.5 Å². The molecule has 0 unspecified atom stereocenters. The first-order chi connectivity index (χ1) is 8.54. The predicted molar refractivity (Wildman–Crippen MR) is 69.9 cm³/mol. The average molecular weight is 246 g/mol. The molecule has 18 heavy (non-hydrogen) atoms. The van der Waals surface area contributed by atoms with E-state index in [1.54, 1.807) is 7.11 Å². The second kappa shape index (κ2) is 4.84. The van der Waals surface area contributed by atoms with Gasteiger partial charge in [-0.3, -0.25) is 0 Å². The minimum atomic E-state index is 0.271. The lowest BCUT2D eigenvalue weighted by Gasteiger charge is -2.13. The molecule has 5 nitrogen and oxygen atoms in total. The molecule has 2 heterocycles. The molecule has 0 aliphatic carbocycles. The molecule has 0 aliphatic rings. The van der Waals surface area contributed by atoms with E-state index in [0.717, 1.165) is 16.9 Å². The van der Waals surface area contributed by atoms with E-state index in [2.05, 4.69) is 47.6 Å². The normalized spacial score (nSPS) is 11.5. The highest BCUT2D eigenvalue weighted by molar-refractivity contribution is 5.83. The van der Waals surface area contributed by atoms with Crippen molar-refractivity contribution in [1.82, 2.24) is 19.9 Å². The van der Waals surface area contributed by atoms with Crippen molar-refractivity contribution in [2.75, 3.05) is 7.11 Å². The van der Waals surface area contributed by atoms with Crippen LogP contribution in [0.1, 0.15) is 51.0 Å². The van der Waals surface area contributed by atoms with Gasteiger partial charge in [-0.2, -0.15) is 0 Å². The van der Waals surface area contributed by atoms with E-state index in [-0.39, 0.29) is 11.8 Å². The first kappa shape index (κ1) is 12.7. The van der Waals surface area contributed by atoms with Crippen LogP contribution in [-0.2, 0) is 0 Å². The number of rotatable bonds is 3. The maximum Gasteiger partial charge on any atom is 0.227 e. The summed E-state index contributed by atoms with van der Waals surface area (Å²) in [5, 5.41) is 0.819. The lowest BCUT2D eigenvalue weighted by Crippen LogP contribution is -2.07. The van der Waals surface area contributed by atoms with Crippen molar-refractivity contribution in [2.45, 2.75) is 39.5 Å². The number of hydrogen-bond donors (Lipinski definition) is 0. The van der Waals surface area contributed by atoms with Gasteiger partial charge in [-0.05, 0) is 5.92 Å². The molecule has 0 aliphatic heterocycles. The van der Waals surface area contributed by atoms with Crippen LogP contribution in [0.5, 0.6) is 5.88 Å². The van der Waals surface area contributed by atoms with Crippen LogP contribution in [0.25, 0.3) is 11.0 Å². The van der Waals surface area contributed by atoms with E-state index in [4.69, 9.17) is 4.74 Å². The van der Waals surface area contributed by atoms with Gasteiger partial charge in [0.25, 0.3) is 0 Å². The van der Waals surface area contributed by atoms with Gasteiger partial charge in [0, 0.05) is 5.92 Å². The Hall–Kier alpha value is -1.78. The number of aromatic nitrogens is 4. The quantitative estimate of drug-likeness (QED) is 0.833. The van der Waals surface area contributed by atoms with Crippen molar-refractivity contribution in [1.29, 1.82) is 0 Å². The third-order valence-electron chi connectivity index (χ3n) is 2.76. The summed E-state index contributed by atoms with van der Waals surface area (Å²) >= 11 is 0. The van der Waals surface area contributed by atoms with Gasteiger partial charge in [0.05, 0.1) is 12.8 Å². The van der Waals surface area contributed by atoms with Crippen LogP contribution in [0.2, 0.25) is 0 Å². The molecule has 0 fully saturated rings. The second-order valence-electron chi connectivity index (χ2n) is 4.86. The zero-order chi connectivity index (χ0) is 13.3. The zero-order valence-electron chi connectivity index (χ0n) is 11.4. The Morgan fingerprint density at radius 3 is 2.28 bits per heavy atom. The third kappa shape index (κ3) is 2.12. The number of fused-ring (bicyclic) bond motifs is 1. The first-order valence-corrected chi connectivity index (χ1v) is 6.11. The standard InChI is InChI=1S/C13H18N4O/c1-7(2)10-9-12(14-6-15-13(9)18-5)17-11(16-10)8(3)4/h6-8H,1-5H3. The molecular weight excluding hydrogens is 228 g/mol. The fraction of sp³-hybridized carbons (Fsp3) is 0.538. The monoisotopic (exact) mass is 246 g/mol. The van der Waals surface area contributed by atoms with Crippen molar-refractivity contribution in [3.8, 4) is 5.88 Å². The summed E-state index contributed by atoms with van der Waals surface area (Å²) in [5.74, 6) is 1.90. The summed E-state index contributed by atoms with van der Waals surface area (Å²) in [7, 11) is 1.60.